The van der Waals surface area contributed by atoms with Crippen molar-refractivity contribution in [1.82, 2.24) is 4.98 Å². The van der Waals surface area contributed by atoms with Gasteiger partial charge in [0.15, 0.2) is 0 Å². The summed E-state index contributed by atoms with van der Waals surface area (Å²) in [7, 11) is -3.32. The van der Waals surface area contributed by atoms with Gasteiger partial charge in [-0.15, -0.1) is 0 Å². The van der Waals surface area contributed by atoms with E-state index in [0.29, 0.717) is 22.9 Å². The Hall–Kier alpha value is -1.79. The Kier molecular flexibility index (Phi) is 6.07. The second-order valence-electron chi connectivity index (χ2n) is 5.77. The van der Waals surface area contributed by atoms with Crippen LogP contribution in [0.4, 0.5) is 17.2 Å². The number of anilines is 3. The van der Waals surface area contributed by atoms with Crippen LogP contribution >= 0.6 is 11.6 Å². The molecule has 0 unspecified atom stereocenters. The van der Waals surface area contributed by atoms with E-state index in [-0.39, 0.29) is 5.75 Å². The van der Waals surface area contributed by atoms with Crippen molar-refractivity contribution in [3.8, 4) is 0 Å². The Labute approximate surface area is 148 Å². The first-order chi connectivity index (χ1) is 11.3. The largest absolute Gasteiger partial charge is 0.339 e. The molecule has 0 saturated heterocycles. The molecule has 0 aliphatic rings. The lowest BCUT2D eigenvalue weighted by atomic mass is 10.1. The zero-order valence-corrected chi connectivity index (χ0v) is 15.6. The minimum Gasteiger partial charge on any atom is -0.339 e. The van der Waals surface area contributed by atoms with Gasteiger partial charge in [-0.05, 0) is 49.6 Å². The number of rotatable bonds is 7. The normalized spacial score (nSPS) is 11.3. The van der Waals surface area contributed by atoms with Crippen molar-refractivity contribution in [3.63, 3.8) is 0 Å². The van der Waals surface area contributed by atoms with Crippen LogP contribution in [0.3, 0.4) is 0 Å². The Morgan fingerprint density at radius 2 is 1.96 bits per heavy atom. The van der Waals surface area contributed by atoms with Crippen LogP contribution in [-0.4, -0.2) is 19.2 Å². The van der Waals surface area contributed by atoms with Gasteiger partial charge in [-0.2, -0.15) is 0 Å². The molecule has 2 aromatic rings. The lowest BCUT2D eigenvalue weighted by molar-refractivity contribution is 0.598. The average molecular weight is 368 g/mol. The minimum atomic E-state index is -3.32. The first kappa shape index (κ1) is 18.5. The number of halogens is 1. The number of aromatic nitrogens is 1. The van der Waals surface area contributed by atoms with Crippen LogP contribution in [0.2, 0.25) is 5.02 Å². The summed E-state index contributed by atoms with van der Waals surface area (Å²) in [6.07, 6.45) is 2.95. The van der Waals surface area contributed by atoms with Gasteiger partial charge in [0.2, 0.25) is 10.0 Å². The van der Waals surface area contributed by atoms with E-state index in [1.807, 2.05) is 32.9 Å². The molecule has 0 saturated carbocycles. The van der Waals surface area contributed by atoms with Crippen LogP contribution in [0.25, 0.3) is 0 Å². The highest BCUT2D eigenvalue weighted by Gasteiger charge is 2.10. The second kappa shape index (κ2) is 7.85. The number of benzene rings is 1. The van der Waals surface area contributed by atoms with Gasteiger partial charge in [0.1, 0.15) is 5.82 Å². The smallest absolute Gasteiger partial charge is 0.232 e. The second-order valence-corrected chi connectivity index (χ2v) is 8.02. The zero-order chi connectivity index (χ0) is 17.7. The lowest BCUT2D eigenvalue weighted by Gasteiger charge is -2.13. The van der Waals surface area contributed by atoms with E-state index in [1.54, 1.807) is 12.1 Å². The van der Waals surface area contributed by atoms with E-state index in [4.69, 9.17) is 11.6 Å². The van der Waals surface area contributed by atoms with E-state index in [0.717, 1.165) is 23.2 Å². The Morgan fingerprint density at radius 3 is 2.54 bits per heavy atom. The molecule has 1 aromatic heterocycles. The van der Waals surface area contributed by atoms with Crippen molar-refractivity contribution < 1.29 is 8.42 Å². The molecule has 2 rings (SSSR count). The van der Waals surface area contributed by atoms with Crippen molar-refractivity contribution in [2.45, 2.75) is 33.6 Å². The zero-order valence-electron chi connectivity index (χ0n) is 14.1. The summed E-state index contributed by atoms with van der Waals surface area (Å²) in [6.45, 7) is 5.91. The minimum absolute atomic E-state index is 0.113. The van der Waals surface area contributed by atoms with Crippen LogP contribution in [0.15, 0.2) is 30.5 Å². The van der Waals surface area contributed by atoms with Gasteiger partial charge in [-0.3, -0.25) is 4.72 Å². The molecule has 0 spiro atoms. The van der Waals surface area contributed by atoms with Crippen LogP contribution in [-0.2, 0) is 10.0 Å². The molecule has 0 aliphatic carbocycles. The number of nitrogens with zero attached hydrogens (tertiary/aromatic N) is 1. The molecular formula is C17H22ClN3O2S. The predicted molar refractivity (Wildman–Crippen MR) is 101 cm³/mol. The van der Waals surface area contributed by atoms with Crippen LogP contribution < -0.4 is 10.0 Å². The van der Waals surface area contributed by atoms with Gasteiger partial charge in [0, 0.05) is 0 Å². The lowest BCUT2D eigenvalue weighted by Crippen LogP contribution is -2.16. The number of hydrogen-bond donors (Lipinski definition) is 2. The van der Waals surface area contributed by atoms with Gasteiger partial charge in [-0.25, -0.2) is 13.4 Å². The number of unbranched alkanes of at least 4 members (excludes halogenated alkanes) is 1. The van der Waals surface area contributed by atoms with Crippen LogP contribution in [0, 0.1) is 13.8 Å². The molecule has 7 heteroatoms. The Bertz CT molecular complexity index is 782. The van der Waals surface area contributed by atoms with Crippen molar-refractivity contribution in [2.24, 2.45) is 0 Å². The molecule has 1 aromatic carbocycles. The van der Waals surface area contributed by atoms with Crippen molar-refractivity contribution in [3.05, 3.63) is 46.6 Å². The fourth-order valence-electron chi connectivity index (χ4n) is 2.30. The number of sulfonamides is 1. The third kappa shape index (κ3) is 5.11. The Morgan fingerprint density at radius 1 is 1.21 bits per heavy atom. The number of aryl methyl sites for hydroxylation is 2. The maximum Gasteiger partial charge on any atom is 0.232 e. The summed E-state index contributed by atoms with van der Waals surface area (Å²) in [5, 5.41) is 3.80. The average Bonchev–Trinajstić information content (AvgIpc) is 2.50. The molecule has 0 bridgehead atoms. The molecule has 2 N–H and O–H groups in total. The van der Waals surface area contributed by atoms with Crippen LogP contribution in [0.5, 0.6) is 0 Å². The van der Waals surface area contributed by atoms with Crippen molar-refractivity contribution in [1.29, 1.82) is 0 Å². The summed E-state index contributed by atoms with van der Waals surface area (Å²) < 4.78 is 26.3. The van der Waals surface area contributed by atoms with E-state index in [9.17, 15) is 8.42 Å². The van der Waals surface area contributed by atoms with Gasteiger partial charge in [0.05, 0.1) is 28.3 Å². The molecule has 24 heavy (non-hydrogen) atoms. The number of nitrogens with one attached hydrogen (secondary N) is 2. The van der Waals surface area contributed by atoms with Gasteiger partial charge in [-0.1, -0.05) is 31.0 Å². The summed E-state index contributed by atoms with van der Waals surface area (Å²) in [5.41, 5.74) is 3.36. The van der Waals surface area contributed by atoms with E-state index < -0.39 is 10.0 Å². The Balaban J connectivity index is 2.10. The summed E-state index contributed by atoms with van der Waals surface area (Å²) in [5.74, 6) is 0.710. The number of hydrogen-bond acceptors (Lipinski definition) is 4. The standard InChI is InChI=1S/C17H22ClN3O2S/c1-4-5-8-24(22,23)21-14-6-7-16(19-11-14)20-17-13(3)9-12(2)10-15(17)18/h6-7,9-11,21H,4-5,8H2,1-3H3,(H,19,20). The van der Waals surface area contributed by atoms with E-state index in [1.165, 1.54) is 6.20 Å². The molecule has 0 aliphatic heterocycles. The molecule has 0 radical (unpaired) electrons. The first-order valence-corrected chi connectivity index (χ1v) is 9.84. The van der Waals surface area contributed by atoms with Crippen molar-refractivity contribution >= 4 is 38.8 Å². The fourth-order valence-corrected chi connectivity index (χ4v) is 3.91. The van der Waals surface area contributed by atoms with Gasteiger partial charge in [0.25, 0.3) is 0 Å². The quantitative estimate of drug-likeness (QED) is 0.747. The highest BCUT2D eigenvalue weighted by molar-refractivity contribution is 7.92. The first-order valence-electron chi connectivity index (χ1n) is 7.81. The maximum absolute atomic E-state index is 11.9. The summed E-state index contributed by atoms with van der Waals surface area (Å²) >= 11 is 6.27. The monoisotopic (exact) mass is 367 g/mol. The molecule has 0 amide bonds. The van der Waals surface area contributed by atoms with Gasteiger partial charge >= 0.3 is 0 Å². The SMILES string of the molecule is CCCCS(=O)(=O)Nc1ccc(Nc2c(C)cc(C)cc2Cl)nc1. The van der Waals surface area contributed by atoms with Gasteiger partial charge < -0.3 is 5.32 Å². The third-order valence-electron chi connectivity index (χ3n) is 3.49. The highest BCUT2D eigenvalue weighted by Crippen LogP contribution is 2.29. The molecular weight excluding hydrogens is 346 g/mol. The molecule has 0 fully saturated rings. The highest BCUT2D eigenvalue weighted by atomic mass is 35.5. The third-order valence-corrected chi connectivity index (χ3v) is 5.16. The summed E-state index contributed by atoms with van der Waals surface area (Å²) in [4.78, 5) is 4.25. The fraction of sp³-hybridized carbons (Fsp3) is 0.353. The number of pyridine rings is 1. The van der Waals surface area contributed by atoms with E-state index >= 15 is 0 Å². The molecule has 5 nitrogen and oxygen atoms in total. The summed E-state index contributed by atoms with van der Waals surface area (Å²) in [6, 6.07) is 7.31. The molecule has 130 valence electrons. The predicted octanol–water partition coefficient (Wildman–Crippen LogP) is 4.64. The maximum atomic E-state index is 11.9. The van der Waals surface area contributed by atoms with E-state index in [2.05, 4.69) is 15.0 Å². The molecule has 0 atom stereocenters. The topological polar surface area (TPSA) is 71.1 Å². The van der Waals surface area contributed by atoms with Crippen molar-refractivity contribution in [2.75, 3.05) is 15.8 Å². The van der Waals surface area contributed by atoms with Crippen LogP contribution in [0.1, 0.15) is 30.9 Å². The molecule has 1 heterocycles.